The molecule has 36 heavy (non-hydrogen) atoms. The van der Waals surface area contributed by atoms with E-state index in [1.54, 1.807) is 14.1 Å². The van der Waals surface area contributed by atoms with Gasteiger partial charge in [-0.15, -0.1) is 0 Å². The van der Waals surface area contributed by atoms with Gasteiger partial charge in [-0.3, -0.25) is 0 Å². The normalized spacial score (nSPS) is 12.2. The van der Waals surface area contributed by atoms with E-state index in [1.165, 1.54) is 23.9 Å². The first kappa shape index (κ1) is 27.9. The van der Waals surface area contributed by atoms with Crippen LogP contribution in [-0.2, 0) is 19.1 Å². The van der Waals surface area contributed by atoms with Crippen LogP contribution < -0.4 is 10.6 Å². The van der Waals surface area contributed by atoms with Crippen molar-refractivity contribution < 1.29 is 28.7 Å². The summed E-state index contributed by atoms with van der Waals surface area (Å²) in [6.45, 7) is -0.224. The van der Waals surface area contributed by atoms with Crippen molar-refractivity contribution in [3.05, 3.63) is 83.9 Å². The third-order valence-corrected chi connectivity index (χ3v) is 5.49. The molecule has 0 fully saturated rings. The molecule has 0 aliphatic heterocycles. The Kier molecular flexibility index (Phi) is 11.0. The van der Waals surface area contributed by atoms with E-state index in [0.29, 0.717) is 0 Å². The van der Waals surface area contributed by atoms with E-state index in [2.05, 4.69) is 10.6 Å². The van der Waals surface area contributed by atoms with E-state index in [9.17, 15) is 19.2 Å². The van der Waals surface area contributed by atoms with Crippen LogP contribution in [0.5, 0.6) is 0 Å². The second-order valence-electron chi connectivity index (χ2n) is 7.78. The van der Waals surface area contributed by atoms with Gasteiger partial charge >= 0.3 is 24.0 Å². The SMILES string of the molecule is CNC(=O)N(C)[C@H](COC(=O)/C=C/C(=O)OC[C@H](c1ccccc1)N(C)C(=O)NC)c1ccccc1. The van der Waals surface area contributed by atoms with Crippen LogP contribution in [0.2, 0.25) is 0 Å². The standard InChI is InChI=1S/C26H32N4O6/c1-27-25(33)29(3)21(19-11-7-5-8-12-19)17-35-23(31)15-16-24(32)36-18-22(30(4)26(34)28-2)20-13-9-6-10-14-20/h5-16,21-22H,17-18H2,1-4H3,(H,27,33)(H,28,34)/b16-15+/t21-,22-/m1/s1. The molecule has 0 saturated heterocycles. The molecule has 0 radical (unpaired) electrons. The largest absolute Gasteiger partial charge is 0.460 e. The minimum Gasteiger partial charge on any atom is -0.460 e. The van der Waals surface area contributed by atoms with Gasteiger partial charge in [0, 0.05) is 40.3 Å². The maximum Gasteiger partial charge on any atom is 0.331 e. The fourth-order valence-corrected chi connectivity index (χ4v) is 3.40. The van der Waals surface area contributed by atoms with Gasteiger partial charge in [0.05, 0.1) is 12.1 Å². The number of hydrogen-bond acceptors (Lipinski definition) is 6. The number of carbonyl (C=O) groups excluding carboxylic acids is 4. The number of nitrogens with one attached hydrogen (secondary N) is 2. The zero-order chi connectivity index (χ0) is 26.5. The summed E-state index contributed by atoms with van der Waals surface area (Å²) in [6.07, 6.45) is 1.93. The lowest BCUT2D eigenvalue weighted by Crippen LogP contribution is -2.39. The summed E-state index contributed by atoms with van der Waals surface area (Å²) >= 11 is 0. The highest BCUT2D eigenvalue weighted by Gasteiger charge is 2.23. The van der Waals surface area contributed by atoms with Crippen LogP contribution in [0.1, 0.15) is 23.2 Å². The molecule has 0 spiro atoms. The molecule has 192 valence electrons. The summed E-state index contributed by atoms with van der Waals surface area (Å²) in [4.78, 5) is 51.5. The van der Waals surface area contributed by atoms with Crippen molar-refractivity contribution in [1.82, 2.24) is 20.4 Å². The van der Waals surface area contributed by atoms with Crippen LogP contribution in [0.3, 0.4) is 0 Å². The van der Waals surface area contributed by atoms with E-state index in [0.717, 1.165) is 23.3 Å². The maximum absolute atomic E-state index is 12.2. The number of carbonyl (C=O) groups is 4. The van der Waals surface area contributed by atoms with Crippen molar-refractivity contribution in [3.8, 4) is 0 Å². The average molecular weight is 497 g/mol. The van der Waals surface area contributed by atoms with Crippen LogP contribution in [0.15, 0.2) is 72.8 Å². The Morgan fingerprint density at radius 3 is 1.33 bits per heavy atom. The average Bonchev–Trinajstić information content (AvgIpc) is 2.92. The Bertz CT molecular complexity index is 961. The Hall–Kier alpha value is -4.34. The first-order valence-corrected chi connectivity index (χ1v) is 11.3. The summed E-state index contributed by atoms with van der Waals surface area (Å²) in [5, 5.41) is 5.08. The van der Waals surface area contributed by atoms with Gasteiger partial charge in [-0.05, 0) is 11.1 Å². The zero-order valence-corrected chi connectivity index (χ0v) is 20.8. The fourth-order valence-electron chi connectivity index (χ4n) is 3.40. The van der Waals surface area contributed by atoms with E-state index in [-0.39, 0.29) is 25.3 Å². The third-order valence-electron chi connectivity index (χ3n) is 5.49. The summed E-state index contributed by atoms with van der Waals surface area (Å²) in [5.74, 6) is -1.53. The van der Waals surface area contributed by atoms with Gasteiger partial charge in [-0.2, -0.15) is 0 Å². The molecule has 0 bridgehead atoms. The highest BCUT2D eigenvalue weighted by atomic mass is 16.5. The lowest BCUT2D eigenvalue weighted by Gasteiger charge is -2.28. The monoisotopic (exact) mass is 496 g/mol. The van der Waals surface area contributed by atoms with E-state index >= 15 is 0 Å². The summed E-state index contributed by atoms with van der Waals surface area (Å²) in [6, 6.07) is 16.5. The molecule has 0 aromatic heterocycles. The van der Waals surface area contributed by atoms with Crippen molar-refractivity contribution in [2.75, 3.05) is 41.4 Å². The lowest BCUT2D eigenvalue weighted by molar-refractivity contribution is -0.142. The number of hydrogen-bond donors (Lipinski definition) is 2. The van der Waals surface area contributed by atoms with Crippen LogP contribution in [0, 0.1) is 0 Å². The predicted octanol–water partition coefficient (Wildman–Crippen LogP) is 2.65. The number of urea groups is 2. The second-order valence-corrected chi connectivity index (χ2v) is 7.78. The van der Waals surface area contributed by atoms with Crippen molar-refractivity contribution in [2.45, 2.75) is 12.1 Å². The molecule has 10 nitrogen and oxygen atoms in total. The zero-order valence-electron chi connectivity index (χ0n) is 20.8. The van der Waals surface area contributed by atoms with Gasteiger partial charge in [0.25, 0.3) is 0 Å². The number of likely N-dealkylation sites (N-methyl/N-ethyl adjacent to an activating group) is 2. The Morgan fingerprint density at radius 1 is 0.694 bits per heavy atom. The quantitative estimate of drug-likeness (QED) is 0.386. The number of rotatable bonds is 10. The molecule has 2 aromatic carbocycles. The number of ether oxygens (including phenoxy) is 2. The predicted molar refractivity (Wildman–Crippen MR) is 134 cm³/mol. The molecule has 0 saturated carbocycles. The first-order valence-electron chi connectivity index (χ1n) is 11.3. The molecule has 2 N–H and O–H groups in total. The molecule has 0 aliphatic carbocycles. The molecule has 0 unspecified atom stereocenters. The van der Waals surface area contributed by atoms with Gasteiger partial charge in [0.1, 0.15) is 13.2 Å². The van der Waals surface area contributed by atoms with Crippen molar-refractivity contribution in [2.24, 2.45) is 0 Å². The maximum atomic E-state index is 12.2. The minimum atomic E-state index is -0.764. The smallest absolute Gasteiger partial charge is 0.331 e. The summed E-state index contributed by atoms with van der Waals surface area (Å²) < 4.78 is 10.6. The molecule has 0 aliphatic rings. The topological polar surface area (TPSA) is 117 Å². The molecule has 4 amide bonds. The van der Waals surface area contributed by atoms with Gasteiger partial charge in [-0.1, -0.05) is 60.7 Å². The van der Waals surface area contributed by atoms with Crippen molar-refractivity contribution >= 4 is 24.0 Å². The molecular weight excluding hydrogens is 464 g/mol. The number of benzene rings is 2. The molecule has 2 rings (SSSR count). The van der Waals surface area contributed by atoms with Gasteiger partial charge in [-0.25, -0.2) is 19.2 Å². The molecule has 10 heteroatoms. The van der Waals surface area contributed by atoms with Crippen LogP contribution in [0.4, 0.5) is 9.59 Å². The molecule has 2 aromatic rings. The summed E-state index contributed by atoms with van der Waals surface area (Å²) in [5.41, 5.74) is 1.57. The highest BCUT2D eigenvalue weighted by Crippen LogP contribution is 2.21. The summed E-state index contributed by atoms with van der Waals surface area (Å²) in [7, 11) is 6.21. The van der Waals surface area contributed by atoms with Crippen molar-refractivity contribution in [3.63, 3.8) is 0 Å². The number of nitrogens with zero attached hydrogens (tertiary/aromatic N) is 2. The number of amides is 4. The Morgan fingerprint density at radius 2 is 1.03 bits per heavy atom. The third kappa shape index (κ3) is 8.15. The molecule has 0 heterocycles. The molecule has 2 atom stereocenters. The number of esters is 2. The van der Waals surface area contributed by atoms with E-state index in [1.807, 2.05) is 60.7 Å². The van der Waals surface area contributed by atoms with Crippen molar-refractivity contribution in [1.29, 1.82) is 0 Å². The Labute approximate surface area is 210 Å². The van der Waals surface area contributed by atoms with Crippen LogP contribution in [-0.4, -0.2) is 75.2 Å². The Balaban J connectivity index is 1.97. The van der Waals surface area contributed by atoms with E-state index in [4.69, 9.17) is 9.47 Å². The highest BCUT2D eigenvalue weighted by molar-refractivity contribution is 5.91. The first-order chi connectivity index (χ1) is 17.3. The van der Waals surface area contributed by atoms with Crippen LogP contribution >= 0.6 is 0 Å². The van der Waals surface area contributed by atoms with Crippen LogP contribution in [0.25, 0.3) is 0 Å². The van der Waals surface area contributed by atoms with Gasteiger partial charge < -0.3 is 29.9 Å². The second kappa shape index (κ2) is 14.1. The fraction of sp³-hybridized carbons (Fsp3) is 0.308. The van der Waals surface area contributed by atoms with E-state index < -0.39 is 24.0 Å². The van der Waals surface area contributed by atoms with Gasteiger partial charge in [0.2, 0.25) is 0 Å². The minimum absolute atomic E-state index is 0.112. The molecular formula is C26H32N4O6. The lowest BCUT2D eigenvalue weighted by atomic mass is 10.1. The van der Waals surface area contributed by atoms with Gasteiger partial charge in [0.15, 0.2) is 0 Å².